The molecule has 1 aliphatic heterocycles. The van der Waals surface area contributed by atoms with E-state index in [4.69, 9.17) is 0 Å². The van der Waals surface area contributed by atoms with Crippen LogP contribution in [0.2, 0.25) is 0 Å². The van der Waals surface area contributed by atoms with Crippen LogP contribution in [0.4, 0.5) is 4.79 Å². The zero-order valence-electron chi connectivity index (χ0n) is 9.63. The van der Waals surface area contributed by atoms with Gasteiger partial charge in [0.25, 0.3) is 11.8 Å². The lowest BCUT2D eigenvalue weighted by Crippen LogP contribution is -2.57. The van der Waals surface area contributed by atoms with Crippen molar-refractivity contribution in [2.45, 2.75) is 6.92 Å². The first-order valence-electron chi connectivity index (χ1n) is 4.77. The van der Waals surface area contributed by atoms with E-state index >= 15 is 0 Å². The minimum atomic E-state index is -1.52. The van der Waals surface area contributed by atoms with E-state index in [9.17, 15) is 24.3 Å². The van der Waals surface area contributed by atoms with E-state index in [2.05, 4.69) is 0 Å². The van der Waals surface area contributed by atoms with Crippen LogP contribution in [-0.2, 0) is 14.4 Å². The lowest BCUT2D eigenvalue weighted by atomic mass is 10.0. The van der Waals surface area contributed by atoms with Crippen LogP contribution in [0.15, 0.2) is 11.8 Å². The summed E-state index contributed by atoms with van der Waals surface area (Å²) in [5.41, 5.74) is 0. The second-order valence-corrected chi connectivity index (χ2v) is 3.69. The normalized spacial score (nSPS) is 19.0. The third-order valence-corrected chi connectivity index (χ3v) is 2.38. The molecule has 0 aromatic heterocycles. The first-order valence-corrected chi connectivity index (χ1v) is 4.77. The number of aliphatic hydroxyl groups is 1. The minimum Gasteiger partial charge on any atom is -0.511 e. The second-order valence-electron chi connectivity index (χ2n) is 3.69. The molecule has 0 aliphatic carbocycles. The number of amides is 4. The number of hydrogen-bond acceptors (Lipinski definition) is 5. The van der Waals surface area contributed by atoms with E-state index in [1.165, 1.54) is 21.0 Å². The molecule has 7 heteroatoms. The predicted octanol–water partition coefficient (Wildman–Crippen LogP) is -0.316. The molecule has 7 nitrogen and oxygen atoms in total. The van der Waals surface area contributed by atoms with Crippen molar-refractivity contribution in [2.24, 2.45) is 5.92 Å². The lowest BCUT2D eigenvalue weighted by molar-refractivity contribution is -0.146. The number of barbiturate groups is 1. The Morgan fingerprint density at radius 3 is 1.94 bits per heavy atom. The molecule has 0 saturated carbocycles. The topological polar surface area (TPSA) is 95.0 Å². The summed E-state index contributed by atoms with van der Waals surface area (Å²) >= 11 is 0. The number of allylic oxidation sites excluding steroid dienone is 1. The highest BCUT2D eigenvalue weighted by atomic mass is 16.3. The second kappa shape index (κ2) is 4.36. The predicted molar refractivity (Wildman–Crippen MR) is 55.8 cm³/mol. The van der Waals surface area contributed by atoms with Crippen LogP contribution >= 0.6 is 0 Å². The standard InChI is InChI=1S/C10H12N2O5/c1-5(13)4-6(14)7-8(15)11(2)10(17)12(3)9(7)16/h4,7,14H,1-3H3. The highest BCUT2D eigenvalue weighted by molar-refractivity contribution is 6.17. The van der Waals surface area contributed by atoms with Gasteiger partial charge in [0.2, 0.25) is 0 Å². The fraction of sp³-hybridized carbons (Fsp3) is 0.400. The number of carbonyl (C=O) groups is 4. The average molecular weight is 240 g/mol. The van der Waals surface area contributed by atoms with Gasteiger partial charge in [-0.25, -0.2) is 4.79 Å². The summed E-state index contributed by atoms with van der Waals surface area (Å²) in [5, 5.41) is 9.54. The molecule has 1 rings (SSSR count). The Bertz CT molecular complexity index is 416. The number of urea groups is 1. The number of ketones is 1. The molecule has 0 atom stereocenters. The Morgan fingerprint density at radius 2 is 1.59 bits per heavy atom. The smallest absolute Gasteiger partial charge is 0.332 e. The molecule has 0 aromatic rings. The maximum absolute atomic E-state index is 11.7. The highest BCUT2D eigenvalue weighted by Gasteiger charge is 2.44. The van der Waals surface area contributed by atoms with Crippen LogP contribution in [0.5, 0.6) is 0 Å². The van der Waals surface area contributed by atoms with Gasteiger partial charge in [-0.3, -0.25) is 24.2 Å². The van der Waals surface area contributed by atoms with Crippen molar-refractivity contribution < 1.29 is 24.3 Å². The van der Waals surface area contributed by atoms with Crippen LogP contribution in [0.25, 0.3) is 0 Å². The van der Waals surface area contributed by atoms with E-state index in [-0.39, 0.29) is 0 Å². The van der Waals surface area contributed by atoms with Gasteiger partial charge in [-0.1, -0.05) is 0 Å². The molecule has 1 fully saturated rings. The quantitative estimate of drug-likeness (QED) is 0.405. The van der Waals surface area contributed by atoms with E-state index < -0.39 is 35.3 Å². The number of rotatable bonds is 2. The first kappa shape index (κ1) is 12.9. The number of hydrogen-bond donors (Lipinski definition) is 1. The maximum atomic E-state index is 11.7. The summed E-state index contributed by atoms with van der Waals surface area (Å²) in [6, 6.07) is -0.771. The monoisotopic (exact) mass is 240 g/mol. The molecule has 92 valence electrons. The average Bonchev–Trinajstić information content (AvgIpc) is 2.23. The Kier molecular flexibility index (Phi) is 3.31. The molecule has 1 heterocycles. The summed E-state index contributed by atoms with van der Waals surface area (Å²) in [6.45, 7) is 1.17. The molecule has 0 radical (unpaired) electrons. The van der Waals surface area contributed by atoms with E-state index in [1.54, 1.807) is 0 Å². The molecule has 0 spiro atoms. The van der Waals surface area contributed by atoms with Crippen molar-refractivity contribution in [1.82, 2.24) is 9.80 Å². The van der Waals surface area contributed by atoms with Gasteiger partial charge in [0.15, 0.2) is 11.7 Å². The van der Waals surface area contributed by atoms with Gasteiger partial charge in [-0.2, -0.15) is 0 Å². The van der Waals surface area contributed by atoms with Crippen molar-refractivity contribution in [3.8, 4) is 0 Å². The van der Waals surface area contributed by atoms with Gasteiger partial charge < -0.3 is 5.11 Å². The molecule has 0 unspecified atom stereocenters. The number of carbonyl (C=O) groups excluding carboxylic acids is 4. The van der Waals surface area contributed by atoms with Crippen LogP contribution in [0, 0.1) is 5.92 Å². The SMILES string of the molecule is CC(=O)C=C(O)C1C(=O)N(C)C(=O)N(C)C1=O. The van der Waals surface area contributed by atoms with Crippen molar-refractivity contribution in [3.05, 3.63) is 11.8 Å². The largest absolute Gasteiger partial charge is 0.511 e. The van der Waals surface area contributed by atoms with Gasteiger partial charge in [-0.05, 0) is 6.92 Å². The Balaban J connectivity index is 3.15. The van der Waals surface area contributed by atoms with Gasteiger partial charge >= 0.3 is 6.03 Å². The zero-order chi connectivity index (χ0) is 13.3. The van der Waals surface area contributed by atoms with Gasteiger partial charge in [0, 0.05) is 20.2 Å². The molecule has 0 bridgehead atoms. The van der Waals surface area contributed by atoms with Crippen molar-refractivity contribution in [2.75, 3.05) is 14.1 Å². The Hall–Kier alpha value is -2.18. The molecule has 1 saturated heterocycles. The van der Waals surface area contributed by atoms with Crippen LogP contribution in [0.3, 0.4) is 0 Å². The van der Waals surface area contributed by atoms with E-state index in [0.717, 1.165) is 15.9 Å². The van der Waals surface area contributed by atoms with Gasteiger partial charge in [-0.15, -0.1) is 0 Å². The maximum Gasteiger partial charge on any atom is 0.332 e. The van der Waals surface area contributed by atoms with Crippen LogP contribution in [-0.4, -0.2) is 52.6 Å². The van der Waals surface area contributed by atoms with Crippen molar-refractivity contribution in [3.63, 3.8) is 0 Å². The number of nitrogens with zero attached hydrogens (tertiary/aromatic N) is 2. The zero-order valence-corrected chi connectivity index (χ0v) is 9.63. The Morgan fingerprint density at radius 1 is 1.18 bits per heavy atom. The Labute approximate surface area is 97.3 Å². The third kappa shape index (κ3) is 2.17. The fourth-order valence-electron chi connectivity index (χ4n) is 1.45. The third-order valence-electron chi connectivity index (χ3n) is 2.38. The lowest BCUT2D eigenvalue weighted by Gasteiger charge is -2.32. The van der Waals surface area contributed by atoms with Gasteiger partial charge in [0.1, 0.15) is 5.76 Å². The molecule has 1 aliphatic rings. The van der Waals surface area contributed by atoms with Crippen molar-refractivity contribution >= 4 is 23.6 Å². The van der Waals surface area contributed by atoms with E-state index in [1.807, 2.05) is 0 Å². The molecular formula is C10H12N2O5. The summed E-state index contributed by atoms with van der Waals surface area (Å²) in [4.78, 5) is 46.9. The minimum absolute atomic E-state index is 0.495. The summed E-state index contributed by atoms with van der Waals surface area (Å²) in [6.07, 6.45) is 0.790. The molecule has 0 aromatic carbocycles. The molecule has 4 amide bonds. The fourth-order valence-corrected chi connectivity index (χ4v) is 1.45. The molecule has 1 N–H and O–H groups in total. The number of aliphatic hydroxyl groups excluding tert-OH is 1. The summed E-state index contributed by atoms with van der Waals surface area (Å²) in [7, 11) is 2.39. The summed E-state index contributed by atoms with van der Waals surface area (Å²) in [5.74, 6) is -4.38. The highest BCUT2D eigenvalue weighted by Crippen LogP contribution is 2.20. The summed E-state index contributed by atoms with van der Waals surface area (Å²) < 4.78 is 0. The van der Waals surface area contributed by atoms with Crippen LogP contribution < -0.4 is 0 Å². The first-order chi connectivity index (χ1) is 7.77. The van der Waals surface area contributed by atoms with Gasteiger partial charge in [0.05, 0.1) is 0 Å². The molecular weight excluding hydrogens is 228 g/mol. The van der Waals surface area contributed by atoms with Crippen molar-refractivity contribution in [1.29, 1.82) is 0 Å². The number of imide groups is 2. The van der Waals surface area contributed by atoms with E-state index in [0.29, 0.717) is 0 Å². The molecule has 17 heavy (non-hydrogen) atoms. The van der Waals surface area contributed by atoms with Crippen LogP contribution in [0.1, 0.15) is 6.92 Å².